The minimum absolute atomic E-state index is 0.113. The molecule has 0 aliphatic carbocycles. The molecular formula is C23H29N5O3. The Morgan fingerprint density at radius 1 is 1.16 bits per heavy atom. The Bertz CT molecular complexity index is 929. The van der Waals surface area contributed by atoms with Gasteiger partial charge in [0.2, 0.25) is 11.8 Å². The van der Waals surface area contributed by atoms with Crippen LogP contribution in [0, 0.1) is 0 Å². The first kappa shape index (κ1) is 21.4. The number of carbonyl (C=O) groups excluding carboxylic acids is 2. The van der Waals surface area contributed by atoms with Gasteiger partial charge in [0.1, 0.15) is 0 Å². The summed E-state index contributed by atoms with van der Waals surface area (Å²) in [7, 11) is 0. The van der Waals surface area contributed by atoms with E-state index in [0.717, 1.165) is 55.1 Å². The highest BCUT2D eigenvalue weighted by Gasteiger charge is 2.29. The van der Waals surface area contributed by atoms with E-state index < -0.39 is 0 Å². The lowest BCUT2D eigenvalue weighted by atomic mass is 9.91. The van der Waals surface area contributed by atoms with Crippen molar-refractivity contribution in [3.05, 3.63) is 42.4 Å². The van der Waals surface area contributed by atoms with Gasteiger partial charge >= 0.3 is 0 Å². The lowest BCUT2D eigenvalue weighted by Gasteiger charge is -2.35. The average Bonchev–Trinajstić information content (AvgIpc) is 2.79. The SMILES string of the molecule is CC(=O)Nc1cccc(-c2nccnc2[C@@H]2CCCN(C(=O)CN3CCOCC3)C2)c1. The number of ether oxygens (including phenoxy) is 1. The Balaban J connectivity index is 1.51. The van der Waals surface area contributed by atoms with Crippen molar-refractivity contribution >= 4 is 17.5 Å². The predicted octanol–water partition coefficient (Wildman–Crippen LogP) is 2.14. The lowest BCUT2D eigenvalue weighted by Crippen LogP contribution is -2.47. The van der Waals surface area contributed by atoms with Crippen molar-refractivity contribution in [1.29, 1.82) is 0 Å². The molecule has 0 saturated carbocycles. The van der Waals surface area contributed by atoms with Gasteiger partial charge < -0.3 is 15.0 Å². The zero-order chi connectivity index (χ0) is 21.6. The lowest BCUT2D eigenvalue weighted by molar-refractivity contribution is -0.134. The van der Waals surface area contributed by atoms with Crippen LogP contribution in [0.1, 0.15) is 31.4 Å². The van der Waals surface area contributed by atoms with Crippen LogP contribution in [0.3, 0.4) is 0 Å². The maximum Gasteiger partial charge on any atom is 0.236 e. The van der Waals surface area contributed by atoms with E-state index >= 15 is 0 Å². The normalized spacial score (nSPS) is 19.8. The minimum atomic E-state index is -0.113. The Morgan fingerprint density at radius 3 is 2.77 bits per heavy atom. The van der Waals surface area contributed by atoms with Crippen LogP contribution >= 0.6 is 0 Å². The Morgan fingerprint density at radius 2 is 1.97 bits per heavy atom. The van der Waals surface area contributed by atoms with Gasteiger partial charge in [0.25, 0.3) is 0 Å². The number of likely N-dealkylation sites (tertiary alicyclic amines) is 1. The minimum Gasteiger partial charge on any atom is -0.379 e. The number of rotatable bonds is 5. The van der Waals surface area contributed by atoms with Crippen LogP contribution in [-0.2, 0) is 14.3 Å². The fourth-order valence-corrected chi connectivity index (χ4v) is 4.29. The Hall–Kier alpha value is -2.84. The molecule has 8 heteroatoms. The van der Waals surface area contributed by atoms with Gasteiger partial charge in [-0.1, -0.05) is 12.1 Å². The second-order valence-electron chi connectivity index (χ2n) is 8.12. The van der Waals surface area contributed by atoms with Crippen LogP contribution in [0.5, 0.6) is 0 Å². The molecule has 2 fully saturated rings. The molecule has 1 aromatic heterocycles. The number of hydrogen-bond donors (Lipinski definition) is 1. The summed E-state index contributed by atoms with van der Waals surface area (Å²) in [6.07, 6.45) is 5.32. The number of nitrogens with one attached hydrogen (secondary N) is 1. The van der Waals surface area contributed by atoms with Crippen molar-refractivity contribution in [2.45, 2.75) is 25.7 Å². The largest absolute Gasteiger partial charge is 0.379 e. The summed E-state index contributed by atoms with van der Waals surface area (Å²) in [4.78, 5) is 37.7. The van der Waals surface area contributed by atoms with Crippen LogP contribution < -0.4 is 5.32 Å². The number of amides is 2. The van der Waals surface area contributed by atoms with E-state index in [0.29, 0.717) is 26.3 Å². The molecular weight excluding hydrogens is 394 g/mol. The maximum atomic E-state index is 12.9. The van der Waals surface area contributed by atoms with E-state index in [-0.39, 0.29) is 17.7 Å². The average molecular weight is 424 g/mol. The van der Waals surface area contributed by atoms with Gasteiger partial charge in [-0.05, 0) is 25.0 Å². The van der Waals surface area contributed by atoms with E-state index in [1.807, 2.05) is 29.2 Å². The molecule has 0 radical (unpaired) electrons. The molecule has 0 spiro atoms. The molecule has 0 bridgehead atoms. The summed E-state index contributed by atoms with van der Waals surface area (Å²) in [6, 6.07) is 7.65. The first-order valence-electron chi connectivity index (χ1n) is 10.9. The van der Waals surface area contributed by atoms with Crippen molar-refractivity contribution in [3.63, 3.8) is 0 Å². The molecule has 3 heterocycles. The van der Waals surface area contributed by atoms with Crippen LogP contribution in [0.15, 0.2) is 36.7 Å². The summed E-state index contributed by atoms with van der Waals surface area (Å²) in [6.45, 7) is 6.37. The third-order valence-corrected chi connectivity index (χ3v) is 5.81. The van der Waals surface area contributed by atoms with Crippen LogP contribution in [0.25, 0.3) is 11.3 Å². The summed E-state index contributed by atoms with van der Waals surface area (Å²) in [5, 5.41) is 2.82. The number of nitrogens with zero attached hydrogens (tertiary/aromatic N) is 4. The fourth-order valence-electron chi connectivity index (χ4n) is 4.29. The third-order valence-electron chi connectivity index (χ3n) is 5.81. The molecule has 2 saturated heterocycles. The first-order chi connectivity index (χ1) is 15.1. The van der Waals surface area contributed by atoms with E-state index in [1.165, 1.54) is 6.92 Å². The van der Waals surface area contributed by atoms with E-state index in [1.54, 1.807) is 12.4 Å². The number of carbonyl (C=O) groups is 2. The zero-order valence-corrected chi connectivity index (χ0v) is 17.9. The topological polar surface area (TPSA) is 87.7 Å². The summed E-state index contributed by atoms with van der Waals surface area (Å²) >= 11 is 0. The fraction of sp³-hybridized carbons (Fsp3) is 0.478. The van der Waals surface area contributed by atoms with Crippen molar-refractivity contribution in [2.75, 3.05) is 51.3 Å². The van der Waals surface area contributed by atoms with Gasteiger partial charge in [-0.25, -0.2) is 0 Å². The molecule has 2 aliphatic rings. The molecule has 1 aromatic carbocycles. The van der Waals surface area contributed by atoms with Crippen molar-refractivity contribution in [1.82, 2.24) is 19.8 Å². The van der Waals surface area contributed by atoms with Gasteiger partial charge in [-0.2, -0.15) is 0 Å². The summed E-state index contributed by atoms with van der Waals surface area (Å²) in [5.41, 5.74) is 3.35. The molecule has 31 heavy (non-hydrogen) atoms. The number of benzene rings is 1. The molecule has 0 unspecified atom stereocenters. The molecule has 2 aliphatic heterocycles. The van der Waals surface area contributed by atoms with Gasteiger partial charge in [0.05, 0.1) is 31.1 Å². The van der Waals surface area contributed by atoms with Gasteiger partial charge in [0, 0.05) is 62.7 Å². The monoisotopic (exact) mass is 423 g/mol. The molecule has 2 aromatic rings. The molecule has 2 amide bonds. The predicted molar refractivity (Wildman–Crippen MR) is 118 cm³/mol. The summed E-state index contributed by atoms with van der Waals surface area (Å²) < 4.78 is 5.38. The van der Waals surface area contributed by atoms with Crippen LogP contribution in [-0.4, -0.2) is 77.5 Å². The number of hydrogen-bond acceptors (Lipinski definition) is 6. The van der Waals surface area contributed by atoms with E-state index in [9.17, 15) is 9.59 Å². The van der Waals surface area contributed by atoms with Crippen molar-refractivity contribution in [3.8, 4) is 11.3 Å². The van der Waals surface area contributed by atoms with Crippen molar-refractivity contribution in [2.24, 2.45) is 0 Å². The number of anilines is 1. The van der Waals surface area contributed by atoms with Crippen LogP contribution in [0.2, 0.25) is 0 Å². The highest BCUT2D eigenvalue weighted by atomic mass is 16.5. The van der Waals surface area contributed by atoms with Gasteiger partial charge in [0.15, 0.2) is 0 Å². The molecule has 1 atom stereocenters. The highest BCUT2D eigenvalue weighted by Crippen LogP contribution is 2.32. The first-order valence-corrected chi connectivity index (χ1v) is 10.9. The standard InChI is InChI=1S/C23H29N5O3/c1-17(29)26-20-6-2-4-18(14-20)22-23(25-8-7-24-22)19-5-3-9-28(15-19)21(30)16-27-10-12-31-13-11-27/h2,4,6-8,14,19H,3,5,9-13,15-16H2,1H3,(H,26,29)/t19-/m1/s1. The Labute approximate surface area is 182 Å². The van der Waals surface area contributed by atoms with E-state index in [2.05, 4.69) is 20.2 Å². The Kier molecular flexibility index (Phi) is 6.89. The van der Waals surface area contributed by atoms with Gasteiger partial charge in [-0.3, -0.25) is 24.5 Å². The summed E-state index contributed by atoms with van der Waals surface area (Å²) in [5.74, 6) is 0.193. The van der Waals surface area contributed by atoms with Gasteiger partial charge in [-0.15, -0.1) is 0 Å². The smallest absolute Gasteiger partial charge is 0.236 e. The third kappa shape index (κ3) is 5.45. The quantitative estimate of drug-likeness (QED) is 0.793. The molecule has 8 nitrogen and oxygen atoms in total. The maximum absolute atomic E-state index is 12.9. The zero-order valence-electron chi connectivity index (χ0n) is 17.9. The highest BCUT2D eigenvalue weighted by molar-refractivity contribution is 5.89. The molecule has 1 N–H and O–H groups in total. The molecule has 4 rings (SSSR count). The van der Waals surface area contributed by atoms with Crippen molar-refractivity contribution < 1.29 is 14.3 Å². The van der Waals surface area contributed by atoms with Crippen LogP contribution in [0.4, 0.5) is 5.69 Å². The number of piperidine rings is 1. The number of aromatic nitrogens is 2. The number of morpholine rings is 1. The second-order valence-corrected chi connectivity index (χ2v) is 8.12. The van der Waals surface area contributed by atoms with E-state index in [4.69, 9.17) is 4.74 Å². The second kappa shape index (κ2) is 9.98. The molecule has 164 valence electrons.